The molecule has 0 saturated heterocycles. The smallest absolute Gasteiger partial charge is 0.282 e. The molecule has 0 heterocycles. The van der Waals surface area contributed by atoms with Crippen LogP contribution in [0, 0.1) is 0 Å². The highest BCUT2D eigenvalue weighted by molar-refractivity contribution is 7.85. The van der Waals surface area contributed by atoms with Crippen LogP contribution < -0.4 is 0 Å². The van der Waals surface area contributed by atoms with Gasteiger partial charge in [-0.15, -0.1) is 0 Å². The SMILES string of the molecule is CCCCc1ccc(CCCC)c(S(=O)(=O)O)c1. The molecular formula is C14H22O3S. The number of aryl methyl sites for hydroxylation is 2. The summed E-state index contributed by atoms with van der Waals surface area (Å²) in [6.45, 7) is 4.15. The van der Waals surface area contributed by atoms with Gasteiger partial charge in [-0.2, -0.15) is 8.42 Å². The first-order chi connectivity index (χ1) is 8.49. The molecule has 0 fully saturated rings. The summed E-state index contributed by atoms with van der Waals surface area (Å²) in [5.41, 5.74) is 1.70. The van der Waals surface area contributed by atoms with Crippen molar-refractivity contribution in [3.63, 3.8) is 0 Å². The molecule has 1 rings (SSSR count). The minimum atomic E-state index is -4.11. The molecule has 0 radical (unpaired) electrons. The second kappa shape index (κ2) is 6.90. The van der Waals surface area contributed by atoms with Gasteiger partial charge in [-0.3, -0.25) is 4.55 Å². The van der Waals surface area contributed by atoms with Crippen molar-refractivity contribution in [2.24, 2.45) is 0 Å². The van der Waals surface area contributed by atoms with Gasteiger partial charge in [0.2, 0.25) is 0 Å². The maximum absolute atomic E-state index is 11.4. The summed E-state index contributed by atoms with van der Waals surface area (Å²) < 4.78 is 32.1. The van der Waals surface area contributed by atoms with Crippen LogP contribution in [0.15, 0.2) is 23.1 Å². The number of rotatable bonds is 7. The van der Waals surface area contributed by atoms with Crippen molar-refractivity contribution in [3.05, 3.63) is 29.3 Å². The molecular weight excluding hydrogens is 248 g/mol. The fourth-order valence-electron chi connectivity index (χ4n) is 1.95. The van der Waals surface area contributed by atoms with E-state index < -0.39 is 10.1 Å². The zero-order valence-electron chi connectivity index (χ0n) is 11.1. The number of benzene rings is 1. The Morgan fingerprint density at radius 1 is 1.06 bits per heavy atom. The van der Waals surface area contributed by atoms with Crippen LogP contribution in [0.5, 0.6) is 0 Å². The summed E-state index contributed by atoms with van der Waals surface area (Å²) >= 11 is 0. The van der Waals surface area contributed by atoms with E-state index in [1.165, 1.54) is 0 Å². The van der Waals surface area contributed by atoms with Crippen LogP contribution >= 0.6 is 0 Å². The Bertz CT molecular complexity index is 478. The first-order valence-corrected chi connectivity index (χ1v) is 8.02. The maximum atomic E-state index is 11.4. The van der Waals surface area contributed by atoms with Crippen LogP contribution in [-0.4, -0.2) is 13.0 Å². The molecule has 1 N–H and O–H groups in total. The molecule has 0 spiro atoms. The zero-order valence-corrected chi connectivity index (χ0v) is 12.0. The van der Waals surface area contributed by atoms with E-state index in [9.17, 15) is 13.0 Å². The largest absolute Gasteiger partial charge is 0.294 e. The Morgan fingerprint density at radius 3 is 2.22 bits per heavy atom. The second-order valence-corrected chi connectivity index (χ2v) is 6.01. The van der Waals surface area contributed by atoms with E-state index in [4.69, 9.17) is 0 Å². The molecule has 18 heavy (non-hydrogen) atoms. The summed E-state index contributed by atoms with van der Waals surface area (Å²) in [7, 11) is -4.11. The van der Waals surface area contributed by atoms with E-state index >= 15 is 0 Å². The predicted octanol–water partition coefficient (Wildman–Crippen LogP) is 3.62. The maximum Gasteiger partial charge on any atom is 0.294 e. The fraction of sp³-hybridized carbons (Fsp3) is 0.571. The van der Waals surface area contributed by atoms with Crippen LogP contribution in [0.1, 0.15) is 50.7 Å². The zero-order chi connectivity index (χ0) is 13.6. The lowest BCUT2D eigenvalue weighted by Gasteiger charge is -2.09. The van der Waals surface area contributed by atoms with Crippen LogP contribution in [-0.2, 0) is 23.0 Å². The van der Waals surface area contributed by atoms with Crippen molar-refractivity contribution in [2.75, 3.05) is 0 Å². The molecule has 0 amide bonds. The quantitative estimate of drug-likeness (QED) is 0.770. The molecule has 0 aromatic heterocycles. The molecule has 0 bridgehead atoms. The van der Waals surface area contributed by atoms with E-state index in [-0.39, 0.29) is 4.90 Å². The molecule has 0 aliphatic carbocycles. The Kier molecular flexibility index (Phi) is 5.82. The predicted molar refractivity (Wildman–Crippen MR) is 73.5 cm³/mol. The fourth-order valence-corrected chi connectivity index (χ4v) is 2.75. The Balaban J connectivity index is 3.05. The summed E-state index contributed by atoms with van der Waals surface area (Å²) in [4.78, 5) is 0.0875. The minimum absolute atomic E-state index is 0.0875. The van der Waals surface area contributed by atoms with Gasteiger partial charge in [0.25, 0.3) is 10.1 Å². The third kappa shape index (κ3) is 4.42. The summed E-state index contributed by atoms with van der Waals surface area (Å²) in [5.74, 6) is 0. The molecule has 3 nitrogen and oxygen atoms in total. The van der Waals surface area contributed by atoms with Crippen LogP contribution in [0.25, 0.3) is 0 Å². The molecule has 0 saturated carbocycles. The average molecular weight is 270 g/mol. The van der Waals surface area contributed by atoms with Crippen molar-refractivity contribution in [1.82, 2.24) is 0 Å². The highest BCUT2D eigenvalue weighted by atomic mass is 32.2. The van der Waals surface area contributed by atoms with Gasteiger partial charge in [-0.1, -0.05) is 38.8 Å². The highest BCUT2D eigenvalue weighted by Crippen LogP contribution is 2.20. The Hall–Kier alpha value is -0.870. The molecule has 0 aliphatic heterocycles. The van der Waals surface area contributed by atoms with E-state index in [2.05, 4.69) is 13.8 Å². The van der Waals surface area contributed by atoms with Gasteiger partial charge in [0.05, 0.1) is 4.90 Å². The van der Waals surface area contributed by atoms with E-state index in [1.807, 2.05) is 12.1 Å². The van der Waals surface area contributed by atoms with Gasteiger partial charge >= 0.3 is 0 Å². The Labute approximate surface area is 110 Å². The average Bonchev–Trinajstić information content (AvgIpc) is 2.33. The van der Waals surface area contributed by atoms with Crippen molar-refractivity contribution < 1.29 is 13.0 Å². The standard InChI is InChI=1S/C14H22O3S/c1-3-5-7-12-9-10-13(8-6-4-2)14(11-12)18(15,16)17/h9-11H,3-8H2,1-2H3,(H,15,16,17). The molecule has 0 unspecified atom stereocenters. The lowest BCUT2D eigenvalue weighted by atomic mass is 10.0. The lowest BCUT2D eigenvalue weighted by Crippen LogP contribution is -2.04. The van der Waals surface area contributed by atoms with E-state index in [1.54, 1.807) is 6.07 Å². The van der Waals surface area contributed by atoms with E-state index in [0.29, 0.717) is 6.42 Å². The molecule has 0 atom stereocenters. The number of hydrogen-bond donors (Lipinski definition) is 1. The minimum Gasteiger partial charge on any atom is -0.282 e. The second-order valence-electron chi connectivity index (χ2n) is 4.62. The first-order valence-electron chi connectivity index (χ1n) is 6.58. The number of hydrogen-bond acceptors (Lipinski definition) is 2. The summed E-state index contributed by atoms with van der Waals surface area (Å²) in [5, 5.41) is 0. The number of unbranched alkanes of at least 4 members (excludes halogenated alkanes) is 2. The van der Waals surface area contributed by atoms with Crippen LogP contribution in [0.4, 0.5) is 0 Å². The summed E-state index contributed by atoms with van der Waals surface area (Å²) in [6.07, 6.45) is 5.57. The topological polar surface area (TPSA) is 54.4 Å². The molecule has 1 aromatic rings. The third-order valence-corrected chi connectivity index (χ3v) is 3.96. The lowest BCUT2D eigenvalue weighted by molar-refractivity contribution is 0.481. The van der Waals surface area contributed by atoms with Gasteiger partial charge in [0.15, 0.2) is 0 Å². The van der Waals surface area contributed by atoms with Crippen molar-refractivity contribution in [3.8, 4) is 0 Å². The monoisotopic (exact) mass is 270 g/mol. The van der Waals surface area contributed by atoms with Gasteiger partial charge in [0, 0.05) is 0 Å². The van der Waals surface area contributed by atoms with Crippen molar-refractivity contribution in [1.29, 1.82) is 0 Å². The first kappa shape index (κ1) is 15.2. The van der Waals surface area contributed by atoms with E-state index in [0.717, 1.165) is 43.2 Å². The van der Waals surface area contributed by atoms with Crippen LogP contribution in [0.3, 0.4) is 0 Å². The van der Waals surface area contributed by atoms with Gasteiger partial charge in [-0.05, 0) is 42.9 Å². The molecule has 0 aliphatic rings. The summed E-state index contributed by atoms with van der Waals surface area (Å²) in [6, 6.07) is 5.43. The Morgan fingerprint density at radius 2 is 1.67 bits per heavy atom. The highest BCUT2D eigenvalue weighted by Gasteiger charge is 2.15. The third-order valence-electron chi connectivity index (χ3n) is 3.03. The molecule has 102 valence electrons. The van der Waals surface area contributed by atoms with Crippen molar-refractivity contribution in [2.45, 2.75) is 57.3 Å². The molecule has 1 aromatic carbocycles. The van der Waals surface area contributed by atoms with Crippen molar-refractivity contribution >= 4 is 10.1 Å². The van der Waals surface area contributed by atoms with Crippen LogP contribution in [0.2, 0.25) is 0 Å². The van der Waals surface area contributed by atoms with Gasteiger partial charge in [-0.25, -0.2) is 0 Å². The normalized spacial score (nSPS) is 11.7. The van der Waals surface area contributed by atoms with Gasteiger partial charge in [0.1, 0.15) is 0 Å². The molecule has 4 heteroatoms. The van der Waals surface area contributed by atoms with Gasteiger partial charge < -0.3 is 0 Å².